The molecule has 0 bridgehead atoms. The fraction of sp³-hybridized carbons (Fsp3) is 0.500. The Kier molecular flexibility index (Phi) is 4.43. The van der Waals surface area contributed by atoms with E-state index < -0.39 is 0 Å². The Bertz CT molecular complexity index is 288. The van der Waals surface area contributed by atoms with Gasteiger partial charge < -0.3 is 14.4 Å². The van der Waals surface area contributed by atoms with E-state index in [2.05, 4.69) is 19.0 Å². The monoisotopic (exact) mass is 209 g/mol. The number of rotatable bonds is 5. The SMILES string of the molecule is COc1cc(CCN(C)C)cc(OC)c1. The lowest BCUT2D eigenvalue weighted by Gasteiger charge is -2.11. The van der Waals surface area contributed by atoms with Crippen molar-refractivity contribution in [3.05, 3.63) is 23.8 Å². The highest BCUT2D eigenvalue weighted by molar-refractivity contribution is 5.38. The van der Waals surface area contributed by atoms with Gasteiger partial charge in [0.1, 0.15) is 11.5 Å². The van der Waals surface area contributed by atoms with Crippen LogP contribution in [0.15, 0.2) is 18.2 Å². The summed E-state index contributed by atoms with van der Waals surface area (Å²) in [5, 5.41) is 0. The van der Waals surface area contributed by atoms with Crippen LogP contribution in [0.5, 0.6) is 11.5 Å². The third-order valence-electron chi connectivity index (χ3n) is 2.26. The third-order valence-corrected chi connectivity index (χ3v) is 2.26. The molecular weight excluding hydrogens is 190 g/mol. The van der Waals surface area contributed by atoms with Crippen LogP contribution in [0, 0.1) is 0 Å². The van der Waals surface area contributed by atoms with E-state index in [9.17, 15) is 0 Å². The summed E-state index contributed by atoms with van der Waals surface area (Å²) in [6.07, 6.45) is 1.00. The molecule has 0 unspecified atom stereocenters. The molecule has 3 nitrogen and oxygen atoms in total. The second-order valence-corrected chi connectivity index (χ2v) is 3.77. The van der Waals surface area contributed by atoms with Crippen molar-refractivity contribution in [2.75, 3.05) is 34.9 Å². The highest BCUT2D eigenvalue weighted by atomic mass is 16.5. The highest BCUT2D eigenvalue weighted by Gasteiger charge is 2.02. The minimum atomic E-state index is 0.850. The number of likely N-dealkylation sites (N-methyl/N-ethyl adjacent to an activating group) is 1. The number of hydrogen-bond donors (Lipinski definition) is 0. The Morgan fingerprint density at radius 3 is 1.93 bits per heavy atom. The van der Waals surface area contributed by atoms with E-state index >= 15 is 0 Å². The fourth-order valence-electron chi connectivity index (χ4n) is 1.36. The van der Waals surface area contributed by atoms with Crippen molar-refractivity contribution in [2.45, 2.75) is 6.42 Å². The molecule has 0 aliphatic heterocycles. The number of ether oxygens (including phenoxy) is 2. The molecule has 3 heteroatoms. The van der Waals surface area contributed by atoms with E-state index in [-0.39, 0.29) is 0 Å². The largest absolute Gasteiger partial charge is 0.497 e. The molecule has 84 valence electrons. The van der Waals surface area contributed by atoms with E-state index in [1.165, 1.54) is 5.56 Å². The molecule has 0 N–H and O–H groups in total. The minimum absolute atomic E-state index is 0.850. The molecule has 0 heterocycles. The van der Waals surface area contributed by atoms with Gasteiger partial charge in [-0.15, -0.1) is 0 Å². The summed E-state index contributed by atoms with van der Waals surface area (Å²) >= 11 is 0. The van der Waals surface area contributed by atoms with Gasteiger partial charge in [-0.2, -0.15) is 0 Å². The summed E-state index contributed by atoms with van der Waals surface area (Å²) in [5.74, 6) is 1.70. The topological polar surface area (TPSA) is 21.7 Å². The molecule has 0 atom stereocenters. The van der Waals surface area contributed by atoms with Crippen molar-refractivity contribution in [2.24, 2.45) is 0 Å². The van der Waals surface area contributed by atoms with Crippen molar-refractivity contribution >= 4 is 0 Å². The van der Waals surface area contributed by atoms with Gasteiger partial charge in [0.2, 0.25) is 0 Å². The molecule has 0 saturated carbocycles. The maximum absolute atomic E-state index is 5.21. The van der Waals surface area contributed by atoms with Gasteiger partial charge >= 0.3 is 0 Å². The Morgan fingerprint density at radius 2 is 1.53 bits per heavy atom. The molecule has 1 aromatic carbocycles. The number of methoxy groups -OCH3 is 2. The number of nitrogens with zero attached hydrogens (tertiary/aromatic N) is 1. The van der Waals surface area contributed by atoms with Gasteiger partial charge in [0.15, 0.2) is 0 Å². The Balaban J connectivity index is 2.77. The summed E-state index contributed by atoms with van der Waals surface area (Å²) in [7, 11) is 7.48. The number of hydrogen-bond acceptors (Lipinski definition) is 3. The summed E-state index contributed by atoms with van der Waals surface area (Å²) in [4.78, 5) is 2.16. The smallest absolute Gasteiger partial charge is 0.122 e. The van der Waals surface area contributed by atoms with Gasteiger partial charge in [-0.3, -0.25) is 0 Å². The van der Waals surface area contributed by atoms with Crippen molar-refractivity contribution in [1.82, 2.24) is 4.90 Å². The van der Waals surface area contributed by atoms with Crippen molar-refractivity contribution < 1.29 is 9.47 Å². The van der Waals surface area contributed by atoms with Gasteiger partial charge in [-0.05, 0) is 38.2 Å². The Labute approximate surface area is 91.6 Å². The lowest BCUT2D eigenvalue weighted by atomic mass is 10.1. The van der Waals surface area contributed by atoms with Gasteiger partial charge in [0.05, 0.1) is 14.2 Å². The average Bonchev–Trinajstić information content (AvgIpc) is 2.25. The van der Waals surface area contributed by atoms with Crippen LogP contribution in [0.4, 0.5) is 0 Å². The molecule has 15 heavy (non-hydrogen) atoms. The molecule has 0 radical (unpaired) electrons. The highest BCUT2D eigenvalue weighted by Crippen LogP contribution is 2.22. The quantitative estimate of drug-likeness (QED) is 0.738. The molecule has 0 fully saturated rings. The molecule has 1 aromatic rings. The molecule has 0 spiro atoms. The Morgan fingerprint density at radius 1 is 1.00 bits per heavy atom. The van der Waals surface area contributed by atoms with Crippen LogP contribution in [-0.4, -0.2) is 39.8 Å². The molecule has 0 saturated heterocycles. The van der Waals surface area contributed by atoms with Crippen LogP contribution >= 0.6 is 0 Å². The minimum Gasteiger partial charge on any atom is -0.497 e. The molecular formula is C12H19NO2. The maximum Gasteiger partial charge on any atom is 0.122 e. The zero-order chi connectivity index (χ0) is 11.3. The summed E-state index contributed by atoms with van der Waals surface area (Å²) in [5.41, 5.74) is 1.24. The van der Waals surface area contributed by atoms with Gasteiger partial charge in [-0.1, -0.05) is 0 Å². The lowest BCUT2D eigenvalue weighted by molar-refractivity contribution is 0.390. The standard InChI is InChI=1S/C12H19NO2/c1-13(2)6-5-10-7-11(14-3)9-12(8-10)15-4/h7-9H,5-6H2,1-4H3. The van der Waals surface area contributed by atoms with E-state index in [0.29, 0.717) is 0 Å². The molecule has 0 aromatic heterocycles. The van der Waals surface area contributed by atoms with Crippen LogP contribution in [0.2, 0.25) is 0 Å². The number of benzene rings is 1. The van der Waals surface area contributed by atoms with Crippen LogP contribution in [0.1, 0.15) is 5.56 Å². The first-order chi connectivity index (χ1) is 7.15. The fourth-order valence-corrected chi connectivity index (χ4v) is 1.36. The summed E-state index contributed by atoms with van der Waals surface area (Å²) in [6.45, 7) is 1.02. The second-order valence-electron chi connectivity index (χ2n) is 3.77. The van der Waals surface area contributed by atoms with Crippen molar-refractivity contribution in [3.8, 4) is 11.5 Å². The first-order valence-electron chi connectivity index (χ1n) is 5.02. The lowest BCUT2D eigenvalue weighted by Crippen LogP contribution is -2.15. The molecule has 0 aliphatic rings. The zero-order valence-corrected chi connectivity index (χ0v) is 9.91. The van der Waals surface area contributed by atoms with Crippen LogP contribution in [0.3, 0.4) is 0 Å². The average molecular weight is 209 g/mol. The normalized spacial score (nSPS) is 10.5. The molecule has 0 amide bonds. The van der Waals surface area contributed by atoms with Crippen molar-refractivity contribution in [3.63, 3.8) is 0 Å². The zero-order valence-electron chi connectivity index (χ0n) is 9.91. The third kappa shape index (κ3) is 3.80. The van der Waals surface area contributed by atoms with Gasteiger partial charge in [-0.25, -0.2) is 0 Å². The van der Waals surface area contributed by atoms with E-state index in [1.54, 1.807) is 14.2 Å². The van der Waals surface area contributed by atoms with E-state index in [4.69, 9.17) is 9.47 Å². The maximum atomic E-state index is 5.21. The van der Waals surface area contributed by atoms with E-state index in [0.717, 1.165) is 24.5 Å². The van der Waals surface area contributed by atoms with E-state index in [1.807, 2.05) is 18.2 Å². The van der Waals surface area contributed by atoms with Crippen LogP contribution in [-0.2, 0) is 6.42 Å². The van der Waals surface area contributed by atoms with Gasteiger partial charge in [0.25, 0.3) is 0 Å². The predicted octanol–water partition coefficient (Wildman–Crippen LogP) is 1.81. The van der Waals surface area contributed by atoms with Crippen molar-refractivity contribution in [1.29, 1.82) is 0 Å². The first kappa shape index (κ1) is 11.9. The Hall–Kier alpha value is -1.22. The predicted molar refractivity (Wildman–Crippen MR) is 61.8 cm³/mol. The summed E-state index contributed by atoms with van der Waals surface area (Å²) in [6, 6.07) is 5.98. The van der Waals surface area contributed by atoms with Crippen LogP contribution in [0.25, 0.3) is 0 Å². The summed E-state index contributed by atoms with van der Waals surface area (Å²) < 4.78 is 10.4. The molecule has 0 aliphatic carbocycles. The first-order valence-corrected chi connectivity index (χ1v) is 5.02. The van der Waals surface area contributed by atoms with Gasteiger partial charge in [0, 0.05) is 12.6 Å². The second kappa shape index (κ2) is 5.61. The van der Waals surface area contributed by atoms with Crippen LogP contribution < -0.4 is 9.47 Å². The molecule has 1 rings (SSSR count).